The summed E-state index contributed by atoms with van der Waals surface area (Å²) in [5.41, 5.74) is 6.54. The van der Waals surface area contributed by atoms with Crippen molar-refractivity contribution in [2.75, 3.05) is 11.9 Å². The fourth-order valence-electron chi connectivity index (χ4n) is 2.25. The highest BCUT2D eigenvalue weighted by atomic mass is 32.1. The second-order valence-corrected chi connectivity index (χ2v) is 5.81. The summed E-state index contributed by atoms with van der Waals surface area (Å²) in [5.74, 6) is -0.221. The van der Waals surface area contributed by atoms with Crippen molar-refractivity contribution < 1.29 is 4.79 Å². The van der Waals surface area contributed by atoms with Gasteiger partial charge in [0.1, 0.15) is 0 Å². The molecule has 0 aliphatic carbocycles. The number of nitrogens with one attached hydrogen (secondary N) is 1. The molecule has 3 N–H and O–H groups in total. The van der Waals surface area contributed by atoms with Crippen molar-refractivity contribution in [3.05, 3.63) is 59.1 Å². The zero-order valence-corrected chi connectivity index (χ0v) is 12.2. The van der Waals surface area contributed by atoms with Crippen LogP contribution in [0.4, 0.5) is 5.13 Å². The van der Waals surface area contributed by atoms with Crippen LogP contribution in [0.5, 0.6) is 0 Å². The van der Waals surface area contributed by atoms with Gasteiger partial charge in [0.05, 0.1) is 6.54 Å². The summed E-state index contributed by atoms with van der Waals surface area (Å²) in [6.07, 6.45) is 2.61. The number of anilines is 1. The maximum absolute atomic E-state index is 11.3. The van der Waals surface area contributed by atoms with Crippen LogP contribution in [0.3, 0.4) is 0 Å². The molecule has 106 valence electrons. The van der Waals surface area contributed by atoms with Gasteiger partial charge in [0.2, 0.25) is 5.91 Å². The summed E-state index contributed by atoms with van der Waals surface area (Å²) in [4.78, 5) is 16.6. The Morgan fingerprint density at radius 3 is 2.86 bits per heavy atom. The molecule has 0 radical (unpaired) electrons. The lowest BCUT2D eigenvalue weighted by Crippen LogP contribution is -2.21. The number of nitrogens with two attached hydrogens (primary N) is 1. The van der Waals surface area contributed by atoms with Crippen LogP contribution in [0.2, 0.25) is 0 Å². The number of fused-ring (bicyclic) bond motifs is 1. The van der Waals surface area contributed by atoms with Gasteiger partial charge < -0.3 is 11.1 Å². The fourth-order valence-corrected chi connectivity index (χ4v) is 3.10. The molecular weight excluding hydrogens is 282 g/mol. The molecule has 0 saturated heterocycles. The van der Waals surface area contributed by atoms with Gasteiger partial charge in [0.15, 0.2) is 5.13 Å². The molecule has 2 aromatic carbocycles. The molecule has 0 saturated carbocycles. The van der Waals surface area contributed by atoms with Crippen LogP contribution in [0.1, 0.15) is 10.4 Å². The maximum Gasteiger partial charge on any atom is 0.239 e. The molecule has 0 aliphatic rings. The first-order valence-corrected chi connectivity index (χ1v) is 7.49. The summed E-state index contributed by atoms with van der Waals surface area (Å²) in [6.45, 7) is -0.0295. The number of hydrogen-bond acceptors (Lipinski definition) is 4. The first kappa shape index (κ1) is 13.7. The second-order valence-electron chi connectivity index (χ2n) is 4.70. The van der Waals surface area contributed by atoms with Gasteiger partial charge in [0.25, 0.3) is 0 Å². The minimum absolute atomic E-state index is 0.0295. The number of carbonyl (C=O) groups excluding carboxylic acids is 1. The van der Waals surface area contributed by atoms with Gasteiger partial charge in [-0.15, -0.1) is 11.3 Å². The maximum atomic E-state index is 11.3. The van der Waals surface area contributed by atoms with Crippen molar-refractivity contribution in [2.24, 2.45) is 5.73 Å². The molecule has 5 heteroatoms. The van der Waals surface area contributed by atoms with Crippen LogP contribution in [-0.2, 0) is 11.2 Å². The number of thiazole rings is 1. The van der Waals surface area contributed by atoms with E-state index in [1.54, 1.807) is 6.20 Å². The van der Waals surface area contributed by atoms with Gasteiger partial charge in [-0.2, -0.15) is 0 Å². The Balaban J connectivity index is 1.84. The molecule has 1 aromatic heterocycles. The zero-order valence-electron chi connectivity index (χ0n) is 11.4. The molecule has 3 aromatic rings. The summed E-state index contributed by atoms with van der Waals surface area (Å²) in [6, 6.07) is 14.6. The topological polar surface area (TPSA) is 68.0 Å². The number of benzene rings is 2. The number of aromatic nitrogens is 1. The number of nitrogens with zero attached hydrogens (tertiary/aromatic N) is 1. The van der Waals surface area contributed by atoms with E-state index in [0.29, 0.717) is 5.13 Å². The van der Waals surface area contributed by atoms with E-state index in [9.17, 15) is 4.79 Å². The Morgan fingerprint density at radius 1 is 1.19 bits per heavy atom. The Morgan fingerprint density at radius 2 is 2.00 bits per heavy atom. The molecule has 0 atom stereocenters. The van der Waals surface area contributed by atoms with Gasteiger partial charge in [-0.05, 0) is 16.3 Å². The van der Waals surface area contributed by atoms with Gasteiger partial charge in [-0.3, -0.25) is 4.79 Å². The third-order valence-corrected chi connectivity index (χ3v) is 4.14. The van der Waals surface area contributed by atoms with Crippen LogP contribution in [0, 0.1) is 0 Å². The number of rotatable bonds is 4. The van der Waals surface area contributed by atoms with Crippen LogP contribution >= 0.6 is 11.3 Å². The fraction of sp³-hybridized carbons (Fsp3) is 0.125. The summed E-state index contributed by atoms with van der Waals surface area (Å²) >= 11 is 1.48. The summed E-state index contributed by atoms with van der Waals surface area (Å²) < 4.78 is 0. The molecule has 1 heterocycles. The monoisotopic (exact) mass is 297 g/mol. The Bertz CT molecular complexity index is 777. The second kappa shape index (κ2) is 6.03. The first-order valence-electron chi connectivity index (χ1n) is 6.67. The Labute approximate surface area is 126 Å². The van der Waals surface area contributed by atoms with Crippen molar-refractivity contribution in [2.45, 2.75) is 6.42 Å². The van der Waals surface area contributed by atoms with Gasteiger partial charge in [-0.25, -0.2) is 4.98 Å². The van der Waals surface area contributed by atoms with Crippen molar-refractivity contribution in [1.82, 2.24) is 4.98 Å². The summed E-state index contributed by atoms with van der Waals surface area (Å²) in [7, 11) is 0. The van der Waals surface area contributed by atoms with Crippen molar-refractivity contribution in [3.63, 3.8) is 0 Å². The first-order chi connectivity index (χ1) is 10.3. The predicted octanol–water partition coefficient (Wildman–Crippen LogP) is 2.78. The van der Waals surface area contributed by atoms with Crippen molar-refractivity contribution >= 4 is 33.1 Å². The van der Waals surface area contributed by atoms with E-state index in [1.165, 1.54) is 27.7 Å². The van der Waals surface area contributed by atoms with E-state index in [-0.39, 0.29) is 12.5 Å². The molecule has 0 spiro atoms. The quantitative estimate of drug-likeness (QED) is 0.778. The molecule has 21 heavy (non-hydrogen) atoms. The lowest BCUT2D eigenvalue weighted by molar-refractivity contribution is -0.114. The van der Waals surface area contributed by atoms with E-state index in [2.05, 4.69) is 40.6 Å². The van der Waals surface area contributed by atoms with E-state index in [4.69, 9.17) is 5.73 Å². The highest BCUT2D eigenvalue weighted by Crippen LogP contribution is 2.25. The Hall–Kier alpha value is -2.24. The minimum Gasteiger partial charge on any atom is -0.322 e. The SMILES string of the molecule is NCC(=O)Nc1ncc(Cc2cccc3ccccc23)s1. The average molecular weight is 297 g/mol. The number of amides is 1. The van der Waals surface area contributed by atoms with E-state index in [1.807, 2.05) is 12.1 Å². The molecule has 0 fully saturated rings. The van der Waals surface area contributed by atoms with Crippen LogP contribution < -0.4 is 11.1 Å². The number of hydrogen-bond donors (Lipinski definition) is 2. The third-order valence-electron chi connectivity index (χ3n) is 3.23. The predicted molar refractivity (Wildman–Crippen MR) is 86.6 cm³/mol. The third kappa shape index (κ3) is 3.09. The average Bonchev–Trinajstić information content (AvgIpc) is 2.94. The van der Waals surface area contributed by atoms with Gasteiger partial charge in [-0.1, -0.05) is 42.5 Å². The van der Waals surface area contributed by atoms with E-state index in [0.717, 1.165) is 11.3 Å². The minimum atomic E-state index is -0.221. The molecular formula is C16H15N3OS. The molecule has 0 bridgehead atoms. The highest BCUT2D eigenvalue weighted by molar-refractivity contribution is 7.15. The Kier molecular flexibility index (Phi) is 3.94. The van der Waals surface area contributed by atoms with E-state index >= 15 is 0 Å². The summed E-state index contributed by atoms with van der Waals surface area (Å²) in [5, 5.41) is 5.76. The van der Waals surface area contributed by atoms with Crippen LogP contribution in [-0.4, -0.2) is 17.4 Å². The molecule has 3 rings (SSSR count). The van der Waals surface area contributed by atoms with E-state index < -0.39 is 0 Å². The van der Waals surface area contributed by atoms with Crippen LogP contribution in [0.25, 0.3) is 10.8 Å². The standard InChI is InChI=1S/C16H15N3OS/c17-9-15(20)19-16-18-10-13(21-16)8-12-6-3-5-11-4-1-2-7-14(11)12/h1-7,10H,8-9,17H2,(H,18,19,20). The molecule has 4 nitrogen and oxygen atoms in total. The largest absolute Gasteiger partial charge is 0.322 e. The molecule has 1 amide bonds. The van der Waals surface area contributed by atoms with Gasteiger partial charge in [0, 0.05) is 17.5 Å². The molecule has 0 aliphatic heterocycles. The van der Waals surface area contributed by atoms with Crippen molar-refractivity contribution in [1.29, 1.82) is 0 Å². The normalized spacial score (nSPS) is 10.7. The smallest absolute Gasteiger partial charge is 0.239 e. The highest BCUT2D eigenvalue weighted by Gasteiger charge is 2.07. The zero-order chi connectivity index (χ0) is 14.7. The lowest BCUT2D eigenvalue weighted by Gasteiger charge is -2.04. The number of carbonyl (C=O) groups is 1. The van der Waals surface area contributed by atoms with Crippen molar-refractivity contribution in [3.8, 4) is 0 Å². The molecule has 0 unspecified atom stereocenters. The lowest BCUT2D eigenvalue weighted by atomic mass is 10.0. The van der Waals surface area contributed by atoms with Gasteiger partial charge >= 0.3 is 0 Å². The van der Waals surface area contributed by atoms with Crippen LogP contribution in [0.15, 0.2) is 48.7 Å².